The van der Waals surface area contributed by atoms with Crippen LogP contribution in [0.2, 0.25) is 0 Å². The van der Waals surface area contributed by atoms with Crippen molar-refractivity contribution in [2.45, 2.75) is 38.6 Å². The van der Waals surface area contributed by atoms with Crippen LogP contribution in [0.25, 0.3) is 11.0 Å². The number of aryl methyl sites for hydroxylation is 1. The van der Waals surface area contributed by atoms with Gasteiger partial charge in [-0.05, 0) is 38.0 Å². The minimum absolute atomic E-state index is 0.596. The van der Waals surface area contributed by atoms with Crippen molar-refractivity contribution in [2.24, 2.45) is 0 Å². The number of aromatic nitrogens is 3. The Kier molecular flexibility index (Phi) is 4.81. The van der Waals surface area contributed by atoms with Crippen molar-refractivity contribution in [3.63, 3.8) is 0 Å². The van der Waals surface area contributed by atoms with Crippen LogP contribution in [0.15, 0.2) is 36.5 Å². The molecule has 1 saturated carbocycles. The number of nitrogens with zero attached hydrogens (tertiary/aromatic N) is 4. The predicted molar refractivity (Wildman–Crippen MR) is 116 cm³/mol. The Bertz CT molecular complexity index is 953. The van der Waals surface area contributed by atoms with Crippen LogP contribution in [-0.4, -0.2) is 48.0 Å². The maximum absolute atomic E-state index is 4.93. The number of benzene rings is 1. The molecule has 3 aromatic rings. The smallest absolute Gasteiger partial charge is 0.243 e. The number of nitrogens with one attached hydrogen (secondary N) is 1. The third kappa shape index (κ3) is 3.41. The summed E-state index contributed by atoms with van der Waals surface area (Å²) in [7, 11) is 2.09. The van der Waals surface area contributed by atoms with Crippen molar-refractivity contribution < 1.29 is 0 Å². The Morgan fingerprint density at radius 3 is 2.57 bits per heavy atom. The second-order valence-corrected chi connectivity index (χ2v) is 8.07. The van der Waals surface area contributed by atoms with Gasteiger partial charge in [0.1, 0.15) is 5.65 Å². The molecule has 143 valence electrons. The third-order valence-corrected chi connectivity index (χ3v) is 6.15. The summed E-state index contributed by atoms with van der Waals surface area (Å²) in [5.41, 5.74) is 5.62. The lowest BCUT2D eigenvalue weighted by molar-refractivity contribution is 0.522. The third-order valence-electron chi connectivity index (χ3n) is 6.15. The van der Waals surface area contributed by atoms with Gasteiger partial charge < -0.3 is 14.8 Å². The van der Waals surface area contributed by atoms with Crippen molar-refractivity contribution in [2.75, 3.05) is 31.1 Å². The normalized spacial score (nSPS) is 18.1. The molecule has 1 N–H and O–H groups in total. The molecule has 28 heavy (non-hydrogen) atoms. The standard InChI is InChI=1S/C22H27BN5/c1-16-14-17-15-25-22(26-21(17)28(16)20-4-2-3-5-20)23-18-6-8-19(9-7-18)27-12-10-24-11-13-27/h6-9,14-15,20,24H,2-5,10-13H2,1H3. The van der Waals surface area contributed by atoms with Gasteiger partial charge in [-0.25, -0.2) is 4.98 Å². The molecular weight excluding hydrogens is 345 g/mol. The van der Waals surface area contributed by atoms with Crippen LogP contribution < -0.4 is 21.4 Å². The summed E-state index contributed by atoms with van der Waals surface area (Å²) >= 11 is 0. The number of hydrogen-bond acceptors (Lipinski definition) is 4. The number of rotatable bonds is 4. The molecule has 0 unspecified atom stereocenters. The van der Waals surface area contributed by atoms with E-state index < -0.39 is 0 Å². The summed E-state index contributed by atoms with van der Waals surface area (Å²) in [4.78, 5) is 12.0. The van der Waals surface area contributed by atoms with Gasteiger partial charge in [0, 0.05) is 55.2 Å². The first-order chi connectivity index (χ1) is 13.8. The first-order valence-electron chi connectivity index (χ1n) is 10.5. The minimum Gasteiger partial charge on any atom is -0.369 e. The van der Waals surface area contributed by atoms with Crippen LogP contribution >= 0.6 is 0 Å². The van der Waals surface area contributed by atoms with Crippen LogP contribution in [0.5, 0.6) is 0 Å². The summed E-state index contributed by atoms with van der Waals surface area (Å²) in [6.45, 7) is 6.45. The highest BCUT2D eigenvalue weighted by molar-refractivity contribution is 6.65. The Balaban J connectivity index is 1.38. The van der Waals surface area contributed by atoms with Gasteiger partial charge in [-0.1, -0.05) is 30.4 Å². The van der Waals surface area contributed by atoms with E-state index in [1.54, 1.807) is 0 Å². The summed E-state index contributed by atoms with van der Waals surface area (Å²) in [5.74, 6) is 0. The highest BCUT2D eigenvalue weighted by atomic mass is 15.2. The van der Waals surface area contributed by atoms with E-state index in [9.17, 15) is 0 Å². The zero-order valence-electron chi connectivity index (χ0n) is 16.6. The molecule has 2 aromatic heterocycles. The van der Waals surface area contributed by atoms with Gasteiger partial charge in [-0.15, -0.1) is 0 Å². The van der Waals surface area contributed by atoms with Gasteiger partial charge in [-0.2, -0.15) is 0 Å². The molecule has 1 aliphatic carbocycles. The van der Waals surface area contributed by atoms with Gasteiger partial charge >= 0.3 is 0 Å². The lowest BCUT2D eigenvalue weighted by Crippen LogP contribution is -2.43. The molecule has 1 saturated heterocycles. The van der Waals surface area contributed by atoms with Crippen molar-refractivity contribution in [3.05, 3.63) is 42.2 Å². The van der Waals surface area contributed by atoms with Gasteiger partial charge in [0.05, 0.1) is 5.72 Å². The molecule has 0 bridgehead atoms. The average Bonchev–Trinajstić information content (AvgIpc) is 3.36. The number of piperazine rings is 1. The van der Waals surface area contributed by atoms with E-state index in [1.165, 1.54) is 37.1 Å². The molecular formula is C22H27BN5. The Hall–Kier alpha value is -2.34. The summed E-state index contributed by atoms with van der Waals surface area (Å²) in [6, 6.07) is 11.6. The fraction of sp³-hybridized carbons (Fsp3) is 0.455. The topological polar surface area (TPSA) is 46.0 Å². The number of anilines is 1. The molecule has 3 heterocycles. The molecule has 0 spiro atoms. The fourth-order valence-electron chi connectivity index (χ4n) is 4.70. The van der Waals surface area contributed by atoms with E-state index in [1.807, 2.05) is 6.20 Å². The monoisotopic (exact) mass is 372 g/mol. The number of fused-ring (bicyclic) bond motifs is 1. The molecule has 2 fully saturated rings. The van der Waals surface area contributed by atoms with E-state index in [0.29, 0.717) is 6.04 Å². The molecule has 0 amide bonds. The molecule has 6 heteroatoms. The highest BCUT2D eigenvalue weighted by Crippen LogP contribution is 2.33. The molecule has 1 radical (unpaired) electrons. The first-order valence-corrected chi connectivity index (χ1v) is 10.5. The van der Waals surface area contributed by atoms with Crippen LogP contribution in [0.3, 0.4) is 0 Å². The van der Waals surface area contributed by atoms with E-state index in [2.05, 4.69) is 64.3 Å². The predicted octanol–water partition coefficient (Wildman–Crippen LogP) is 1.92. The van der Waals surface area contributed by atoms with Crippen LogP contribution in [0, 0.1) is 6.92 Å². The Morgan fingerprint density at radius 1 is 1.07 bits per heavy atom. The average molecular weight is 372 g/mol. The Morgan fingerprint density at radius 2 is 1.82 bits per heavy atom. The second kappa shape index (κ2) is 7.59. The molecule has 2 aliphatic rings. The maximum Gasteiger partial charge on any atom is 0.243 e. The quantitative estimate of drug-likeness (QED) is 0.711. The molecule has 5 rings (SSSR count). The van der Waals surface area contributed by atoms with Gasteiger partial charge in [0.2, 0.25) is 7.28 Å². The SMILES string of the molecule is Cc1cc2cnc([B]c3ccc(N4CCNCC4)cc3)nc2n1C1CCCC1. The number of hydrogen-bond donors (Lipinski definition) is 1. The highest BCUT2D eigenvalue weighted by Gasteiger charge is 2.21. The lowest BCUT2D eigenvalue weighted by Gasteiger charge is -2.29. The summed E-state index contributed by atoms with van der Waals surface area (Å²) < 4.78 is 2.44. The van der Waals surface area contributed by atoms with Crippen LogP contribution in [0.4, 0.5) is 5.69 Å². The largest absolute Gasteiger partial charge is 0.369 e. The zero-order chi connectivity index (χ0) is 18.9. The molecule has 0 atom stereocenters. The van der Waals surface area contributed by atoms with Gasteiger partial charge in [0.25, 0.3) is 0 Å². The molecule has 5 nitrogen and oxygen atoms in total. The van der Waals surface area contributed by atoms with E-state index in [4.69, 9.17) is 4.98 Å². The van der Waals surface area contributed by atoms with Crippen LogP contribution in [-0.2, 0) is 0 Å². The zero-order valence-corrected chi connectivity index (χ0v) is 16.6. The second-order valence-electron chi connectivity index (χ2n) is 8.07. The summed E-state index contributed by atoms with van der Waals surface area (Å²) in [5, 5.41) is 4.55. The Labute approximate surface area is 167 Å². The van der Waals surface area contributed by atoms with E-state index >= 15 is 0 Å². The van der Waals surface area contributed by atoms with Gasteiger partial charge in [-0.3, -0.25) is 4.98 Å². The van der Waals surface area contributed by atoms with Crippen molar-refractivity contribution in [1.82, 2.24) is 19.9 Å². The van der Waals surface area contributed by atoms with E-state index in [-0.39, 0.29) is 0 Å². The van der Waals surface area contributed by atoms with E-state index in [0.717, 1.165) is 48.4 Å². The van der Waals surface area contributed by atoms with Crippen molar-refractivity contribution in [3.8, 4) is 0 Å². The molecule has 1 aromatic carbocycles. The van der Waals surface area contributed by atoms with Crippen molar-refractivity contribution in [1.29, 1.82) is 0 Å². The van der Waals surface area contributed by atoms with Crippen LogP contribution in [0.1, 0.15) is 37.4 Å². The first kappa shape index (κ1) is 17.7. The van der Waals surface area contributed by atoms with Gasteiger partial charge in [0.15, 0.2) is 0 Å². The maximum atomic E-state index is 4.93. The minimum atomic E-state index is 0.596. The fourth-order valence-corrected chi connectivity index (χ4v) is 4.70. The lowest BCUT2D eigenvalue weighted by atomic mass is 9.69. The van der Waals surface area contributed by atoms with Crippen molar-refractivity contribution >= 4 is 35.2 Å². The summed E-state index contributed by atoms with van der Waals surface area (Å²) in [6.07, 6.45) is 7.16. The molecule has 1 aliphatic heterocycles.